The van der Waals surface area contributed by atoms with Gasteiger partial charge >= 0.3 is 0 Å². The van der Waals surface area contributed by atoms with Crippen molar-refractivity contribution in [3.63, 3.8) is 0 Å². The maximum Gasteiger partial charge on any atom is 0.178 e. The van der Waals surface area contributed by atoms with Gasteiger partial charge in [0.15, 0.2) is 4.77 Å². The quantitative estimate of drug-likeness (QED) is 0.790. The normalized spacial score (nSPS) is 11.2. The maximum absolute atomic E-state index is 5.29. The van der Waals surface area contributed by atoms with Crippen LogP contribution in [0.4, 0.5) is 0 Å². The number of imidazole rings is 1. The van der Waals surface area contributed by atoms with Gasteiger partial charge in [0, 0.05) is 6.04 Å². The lowest BCUT2D eigenvalue weighted by Crippen LogP contribution is -1.99. The largest absolute Gasteiger partial charge is 0.494 e. The van der Waals surface area contributed by atoms with E-state index in [9.17, 15) is 0 Å². The Kier molecular flexibility index (Phi) is 2.52. The van der Waals surface area contributed by atoms with E-state index in [1.807, 2.05) is 18.2 Å². The van der Waals surface area contributed by atoms with Crippen molar-refractivity contribution in [1.29, 1.82) is 0 Å². The first kappa shape index (κ1) is 10.2. The molecule has 0 unspecified atom stereocenters. The highest BCUT2D eigenvalue weighted by Crippen LogP contribution is 2.26. The smallest absolute Gasteiger partial charge is 0.178 e. The number of benzene rings is 1. The van der Waals surface area contributed by atoms with E-state index in [-0.39, 0.29) is 0 Å². The fraction of sp³-hybridized carbons (Fsp3) is 0.364. The Labute approximate surface area is 93.7 Å². The molecule has 0 amide bonds. The summed E-state index contributed by atoms with van der Waals surface area (Å²) >= 11 is 5.29. The number of ether oxygens (including phenoxy) is 1. The molecule has 0 radical (unpaired) electrons. The van der Waals surface area contributed by atoms with E-state index in [0.29, 0.717) is 6.04 Å². The van der Waals surface area contributed by atoms with Gasteiger partial charge in [0.05, 0.1) is 12.6 Å². The van der Waals surface area contributed by atoms with Gasteiger partial charge in [0.2, 0.25) is 0 Å². The Bertz CT molecular complexity index is 539. The van der Waals surface area contributed by atoms with Gasteiger partial charge in [-0.2, -0.15) is 0 Å². The number of hydrogen-bond acceptors (Lipinski definition) is 2. The number of aromatic nitrogens is 2. The van der Waals surface area contributed by atoms with Crippen LogP contribution in [0.5, 0.6) is 5.75 Å². The van der Waals surface area contributed by atoms with Gasteiger partial charge in [-0.3, -0.25) is 0 Å². The Morgan fingerprint density at radius 1 is 1.40 bits per heavy atom. The van der Waals surface area contributed by atoms with Crippen LogP contribution in [-0.4, -0.2) is 16.7 Å². The van der Waals surface area contributed by atoms with Gasteiger partial charge < -0.3 is 14.3 Å². The average molecular weight is 222 g/mol. The minimum absolute atomic E-state index is 0.346. The molecule has 1 N–H and O–H groups in total. The van der Waals surface area contributed by atoms with Crippen LogP contribution in [0.25, 0.3) is 11.0 Å². The van der Waals surface area contributed by atoms with Crippen LogP contribution < -0.4 is 4.74 Å². The van der Waals surface area contributed by atoms with Crippen molar-refractivity contribution in [2.24, 2.45) is 0 Å². The molecule has 0 spiro atoms. The average Bonchev–Trinajstić information content (AvgIpc) is 2.53. The van der Waals surface area contributed by atoms with Crippen molar-refractivity contribution in [3.05, 3.63) is 23.0 Å². The fourth-order valence-electron chi connectivity index (χ4n) is 1.81. The summed E-state index contributed by atoms with van der Waals surface area (Å²) in [5, 5.41) is 0. The summed E-state index contributed by atoms with van der Waals surface area (Å²) < 4.78 is 8.12. The monoisotopic (exact) mass is 222 g/mol. The van der Waals surface area contributed by atoms with Gasteiger partial charge in [-0.1, -0.05) is 6.07 Å². The Morgan fingerprint density at radius 3 is 2.73 bits per heavy atom. The van der Waals surface area contributed by atoms with E-state index in [4.69, 9.17) is 17.0 Å². The molecule has 0 fully saturated rings. The van der Waals surface area contributed by atoms with Gasteiger partial charge in [0.25, 0.3) is 0 Å². The molecule has 0 aliphatic rings. The number of methoxy groups -OCH3 is 1. The predicted molar refractivity (Wildman–Crippen MR) is 64.1 cm³/mol. The van der Waals surface area contributed by atoms with Crippen LogP contribution in [0.15, 0.2) is 18.2 Å². The van der Waals surface area contributed by atoms with Crippen molar-refractivity contribution in [3.8, 4) is 5.75 Å². The highest BCUT2D eigenvalue weighted by atomic mass is 32.1. The molecule has 0 bridgehead atoms. The van der Waals surface area contributed by atoms with Crippen LogP contribution in [0.3, 0.4) is 0 Å². The predicted octanol–water partition coefficient (Wildman–Crippen LogP) is 3.29. The summed E-state index contributed by atoms with van der Waals surface area (Å²) in [5.41, 5.74) is 2.06. The van der Waals surface area contributed by atoms with Crippen LogP contribution in [-0.2, 0) is 0 Å². The highest BCUT2D eigenvalue weighted by molar-refractivity contribution is 7.71. The second-order valence-corrected chi connectivity index (χ2v) is 4.13. The number of hydrogen-bond donors (Lipinski definition) is 1. The zero-order chi connectivity index (χ0) is 11.0. The van der Waals surface area contributed by atoms with Crippen LogP contribution in [0, 0.1) is 4.77 Å². The molecule has 2 aromatic rings. The standard InChI is InChI=1S/C11H14N2OS/c1-7(2)13-8-5-4-6-9(14-3)10(8)12-11(13)15/h4-7H,1-3H3,(H,12,15). The lowest BCUT2D eigenvalue weighted by Gasteiger charge is -2.08. The van der Waals surface area contributed by atoms with Crippen molar-refractivity contribution in [2.45, 2.75) is 19.9 Å². The first-order valence-electron chi connectivity index (χ1n) is 4.92. The summed E-state index contributed by atoms with van der Waals surface area (Å²) in [6.45, 7) is 4.23. The molecular formula is C11H14N2OS. The molecule has 80 valence electrons. The van der Waals surface area contributed by atoms with Gasteiger partial charge in [0.1, 0.15) is 11.3 Å². The first-order valence-corrected chi connectivity index (χ1v) is 5.33. The van der Waals surface area contributed by atoms with Crippen molar-refractivity contribution in [1.82, 2.24) is 9.55 Å². The molecule has 0 aliphatic heterocycles. The summed E-state index contributed by atoms with van der Waals surface area (Å²) in [6, 6.07) is 6.30. The zero-order valence-electron chi connectivity index (χ0n) is 9.07. The maximum atomic E-state index is 5.29. The lowest BCUT2D eigenvalue weighted by atomic mass is 10.2. The molecule has 0 saturated carbocycles. The molecule has 0 atom stereocenters. The summed E-state index contributed by atoms with van der Waals surface area (Å²) in [4.78, 5) is 3.18. The SMILES string of the molecule is COc1cccc2c1[nH]c(=S)n2C(C)C. The van der Waals surface area contributed by atoms with Crippen molar-refractivity contribution < 1.29 is 4.74 Å². The third-order valence-electron chi connectivity index (χ3n) is 2.45. The van der Waals surface area contributed by atoms with Gasteiger partial charge in [-0.25, -0.2) is 0 Å². The Balaban J connectivity index is 2.84. The van der Waals surface area contributed by atoms with Crippen LogP contribution >= 0.6 is 12.2 Å². The molecule has 1 aromatic carbocycles. The minimum Gasteiger partial charge on any atom is -0.494 e. The van der Waals surface area contributed by atoms with E-state index in [1.165, 1.54) is 0 Å². The molecule has 15 heavy (non-hydrogen) atoms. The summed E-state index contributed by atoms with van der Waals surface area (Å²) in [7, 11) is 1.67. The van der Waals surface area contributed by atoms with Gasteiger partial charge in [-0.15, -0.1) is 0 Å². The summed E-state index contributed by atoms with van der Waals surface area (Å²) in [6.07, 6.45) is 0. The number of aromatic amines is 1. The molecule has 1 aromatic heterocycles. The van der Waals surface area contributed by atoms with E-state index >= 15 is 0 Å². The zero-order valence-corrected chi connectivity index (χ0v) is 9.89. The number of H-pyrrole nitrogens is 1. The second kappa shape index (κ2) is 3.70. The van der Waals surface area contributed by atoms with Crippen molar-refractivity contribution in [2.75, 3.05) is 7.11 Å². The third-order valence-corrected chi connectivity index (χ3v) is 2.75. The van der Waals surface area contributed by atoms with Crippen LogP contribution in [0.1, 0.15) is 19.9 Å². The molecule has 3 nitrogen and oxygen atoms in total. The van der Waals surface area contributed by atoms with E-state index in [0.717, 1.165) is 21.6 Å². The fourth-order valence-corrected chi connectivity index (χ4v) is 2.22. The second-order valence-electron chi connectivity index (χ2n) is 3.75. The summed E-state index contributed by atoms with van der Waals surface area (Å²) in [5.74, 6) is 0.831. The number of rotatable bonds is 2. The molecule has 4 heteroatoms. The molecule has 0 aliphatic carbocycles. The van der Waals surface area contributed by atoms with E-state index < -0.39 is 0 Å². The first-order chi connectivity index (χ1) is 7.15. The van der Waals surface area contributed by atoms with E-state index in [1.54, 1.807) is 7.11 Å². The van der Waals surface area contributed by atoms with Gasteiger partial charge in [-0.05, 0) is 38.2 Å². The van der Waals surface area contributed by atoms with Crippen molar-refractivity contribution >= 4 is 23.3 Å². The number of nitrogens with one attached hydrogen (secondary N) is 1. The van der Waals surface area contributed by atoms with Crippen LogP contribution in [0.2, 0.25) is 0 Å². The molecule has 0 saturated heterocycles. The topological polar surface area (TPSA) is 29.9 Å². The lowest BCUT2D eigenvalue weighted by molar-refractivity contribution is 0.419. The molecule has 2 rings (SSSR count). The minimum atomic E-state index is 0.346. The Hall–Kier alpha value is -1.29. The number of nitrogens with zero attached hydrogens (tertiary/aromatic N) is 1. The highest BCUT2D eigenvalue weighted by Gasteiger charge is 2.10. The van der Waals surface area contributed by atoms with E-state index in [2.05, 4.69) is 23.4 Å². The third kappa shape index (κ3) is 1.55. The number of fused-ring (bicyclic) bond motifs is 1. The Morgan fingerprint density at radius 2 is 2.13 bits per heavy atom. The molecular weight excluding hydrogens is 208 g/mol. The molecule has 1 heterocycles. The number of para-hydroxylation sites is 1.